The molecule has 3 heterocycles. The fourth-order valence-electron chi connectivity index (χ4n) is 4.39. The summed E-state index contributed by atoms with van der Waals surface area (Å²) < 4.78 is 44.3. The number of anilines is 1. The summed E-state index contributed by atoms with van der Waals surface area (Å²) in [6.45, 7) is 4.00. The van der Waals surface area contributed by atoms with Crippen molar-refractivity contribution in [3.8, 4) is 11.1 Å². The maximum Gasteiger partial charge on any atom is 0.146 e. The highest BCUT2D eigenvalue weighted by Gasteiger charge is 2.28. The van der Waals surface area contributed by atoms with Gasteiger partial charge < -0.3 is 10.3 Å². The molecule has 178 valence electrons. The summed E-state index contributed by atoms with van der Waals surface area (Å²) in [6, 6.07) is 8.62. The highest BCUT2D eigenvalue weighted by molar-refractivity contribution is 6.02. The summed E-state index contributed by atoms with van der Waals surface area (Å²) in [7, 11) is 0. The Hall–Kier alpha value is -3.94. The normalized spacial score (nSPS) is 13.2. The molecule has 2 N–H and O–H groups in total. The summed E-state index contributed by atoms with van der Waals surface area (Å²) in [4.78, 5) is 12.9. The number of fused-ring (bicyclic) bond motifs is 2. The fraction of sp³-hybridized carbons (Fsp3) is 0.222. The first-order valence-electron chi connectivity index (χ1n) is 11.6. The van der Waals surface area contributed by atoms with Crippen LogP contribution in [0.3, 0.4) is 0 Å². The minimum absolute atomic E-state index is 0.189. The lowest BCUT2D eigenvalue weighted by atomic mass is 10.0. The topological polar surface area (TPSA) is 69.6 Å². The Labute approximate surface area is 200 Å². The van der Waals surface area contributed by atoms with Gasteiger partial charge >= 0.3 is 0 Å². The van der Waals surface area contributed by atoms with E-state index < -0.39 is 17.5 Å². The molecular formula is C27H24F3N5. The van der Waals surface area contributed by atoms with Gasteiger partial charge in [0.25, 0.3) is 0 Å². The molecule has 6 rings (SSSR count). The van der Waals surface area contributed by atoms with Crippen molar-refractivity contribution in [2.45, 2.75) is 39.2 Å². The maximum atomic E-state index is 15.2. The molecule has 2 aromatic carbocycles. The Kier molecular flexibility index (Phi) is 5.88. The van der Waals surface area contributed by atoms with Crippen LogP contribution in [-0.2, 0) is 6.42 Å². The van der Waals surface area contributed by atoms with Crippen LogP contribution >= 0.6 is 0 Å². The predicted molar refractivity (Wildman–Crippen MR) is 131 cm³/mol. The molecule has 35 heavy (non-hydrogen) atoms. The molecule has 0 atom stereocenters. The summed E-state index contributed by atoms with van der Waals surface area (Å²) in [5.41, 5.74) is 9.30. The summed E-state index contributed by atoms with van der Waals surface area (Å²) in [5.74, 6) is -1.38. The lowest BCUT2D eigenvalue weighted by molar-refractivity contribution is 0.580. The highest BCUT2D eigenvalue weighted by Crippen LogP contribution is 2.42. The molecule has 0 amide bonds. The first-order valence-corrected chi connectivity index (χ1v) is 11.6. The van der Waals surface area contributed by atoms with Gasteiger partial charge in [-0.2, -0.15) is 0 Å². The summed E-state index contributed by atoms with van der Waals surface area (Å²) in [6.07, 6.45) is 7.31. The molecule has 5 nitrogen and oxygen atoms in total. The van der Waals surface area contributed by atoms with E-state index in [0.717, 1.165) is 30.1 Å². The molecule has 0 spiro atoms. The van der Waals surface area contributed by atoms with Gasteiger partial charge in [0.15, 0.2) is 0 Å². The van der Waals surface area contributed by atoms with Crippen molar-refractivity contribution in [1.82, 2.24) is 19.5 Å². The van der Waals surface area contributed by atoms with Crippen molar-refractivity contribution < 1.29 is 13.2 Å². The van der Waals surface area contributed by atoms with E-state index in [-0.39, 0.29) is 6.42 Å². The van der Waals surface area contributed by atoms with Gasteiger partial charge in [-0.05, 0) is 54.3 Å². The van der Waals surface area contributed by atoms with Crippen LogP contribution in [0, 0.1) is 17.5 Å². The Morgan fingerprint density at radius 1 is 0.943 bits per heavy atom. The first kappa shape index (κ1) is 22.8. The van der Waals surface area contributed by atoms with Gasteiger partial charge in [-0.1, -0.05) is 13.8 Å². The van der Waals surface area contributed by atoms with Crippen molar-refractivity contribution in [3.63, 3.8) is 0 Å². The van der Waals surface area contributed by atoms with Crippen LogP contribution in [-0.4, -0.2) is 19.5 Å². The van der Waals surface area contributed by atoms with Gasteiger partial charge in [0.05, 0.1) is 5.39 Å². The van der Waals surface area contributed by atoms with Gasteiger partial charge in [-0.3, -0.25) is 4.98 Å². The molecular weight excluding hydrogens is 451 g/mol. The number of nitrogens with two attached hydrogens (primary N) is 1. The maximum absolute atomic E-state index is 15.2. The first-order chi connectivity index (χ1) is 17.0. The van der Waals surface area contributed by atoms with Gasteiger partial charge in [0, 0.05) is 53.0 Å². The molecule has 0 radical (unpaired) electrons. The molecule has 3 aromatic heterocycles. The third kappa shape index (κ3) is 4.32. The minimum Gasteiger partial charge on any atom is -0.383 e. The Morgan fingerprint density at radius 2 is 1.69 bits per heavy atom. The van der Waals surface area contributed by atoms with Crippen LogP contribution in [0.1, 0.15) is 44.0 Å². The number of hydrogen-bond acceptors (Lipinski definition) is 4. The molecule has 1 fully saturated rings. The number of nitrogen functional groups attached to an aromatic ring is 1. The Bertz CT molecular complexity index is 1540. The molecule has 0 unspecified atom stereocenters. The third-order valence-corrected chi connectivity index (χ3v) is 6.04. The quantitative estimate of drug-likeness (QED) is 0.318. The zero-order chi connectivity index (χ0) is 24.7. The van der Waals surface area contributed by atoms with Gasteiger partial charge in [0.2, 0.25) is 0 Å². The average Bonchev–Trinajstić information content (AvgIpc) is 3.60. The minimum atomic E-state index is -0.657. The number of aromatic nitrogens is 4. The van der Waals surface area contributed by atoms with Crippen molar-refractivity contribution in [3.05, 3.63) is 83.8 Å². The molecule has 1 aliphatic rings. The van der Waals surface area contributed by atoms with E-state index >= 15 is 4.39 Å². The van der Waals surface area contributed by atoms with Crippen LogP contribution in [0.4, 0.5) is 19.0 Å². The fourth-order valence-corrected chi connectivity index (χ4v) is 4.39. The molecule has 0 aliphatic heterocycles. The van der Waals surface area contributed by atoms with Crippen LogP contribution in [0.15, 0.2) is 55.1 Å². The third-order valence-electron chi connectivity index (χ3n) is 6.04. The summed E-state index contributed by atoms with van der Waals surface area (Å²) >= 11 is 0. The number of hydrogen-bond donors (Lipinski definition) is 1. The van der Waals surface area contributed by atoms with Crippen LogP contribution in [0.2, 0.25) is 0 Å². The molecule has 1 saturated carbocycles. The van der Waals surface area contributed by atoms with Gasteiger partial charge in [-0.25, -0.2) is 23.1 Å². The van der Waals surface area contributed by atoms with E-state index in [1.807, 2.05) is 26.1 Å². The zero-order valence-corrected chi connectivity index (χ0v) is 19.4. The highest BCUT2D eigenvalue weighted by atomic mass is 19.1. The van der Waals surface area contributed by atoms with E-state index in [1.165, 1.54) is 24.5 Å². The second-order valence-corrected chi connectivity index (χ2v) is 8.45. The molecule has 1 aliphatic carbocycles. The standard InChI is InChI=1S/C25H18F3N5.C2H6/c26-16-3-13(4-17(27)8-16)5-18-9-20-15(10-30-18)6-14(7-22(20)28)21-11-33(19-1-2-19)25-23(21)24(29)31-12-32-25;1-2/h3-4,6-12,19H,1-2,5H2,(H2,29,31,32);1-2H3. The van der Waals surface area contributed by atoms with E-state index in [4.69, 9.17) is 5.73 Å². The lowest BCUT2D eigenvalue weighted by Crippen LogP contribution is -1.96. The van der Waals surface area contributed by atoms with Crippen molar-refractivity contribution in [2.24, 2.45) is 0 Å². The smallest absolute Gasteiger partial charge is 0.146 e. The Balaban J connectivity index is 0.00000124. The number of nitrogens with zero attached hydrogens (tertiary/aromatic N) is 4. The van der Waals surface area contributed by atoms with Crippen molar-refractivity contribution in [1.29, 1.82) is 0 Å². The molecule has 8 heteroatoms. The van der Waals surface area contributed by atoms with E-state index in [9.17, 15) is 8.78 Å². The molecule has 5 aromatic rings. The SMILES string of the molecule is CC.Nc1ncnc2c1c(-c1cc(F)c3cc(Cc4cc(F)cc(F)c4)ncc3c1)cn2C1CC1. The zero-order valence-electron chi connectivity index (χ0n) is 19.4. The lowest BCUT2D eigenvalue weighted by Gasteiger charge is -2.08. The van der Waals surface area contributed by atoms with Crippen LogP contribution < -0.4 is 5.73 Å². The monoisotopic (exact) mass is 475 g/mol. The average molecular weight is 476 g/mol. The Morgan fingerprint density at radius 3 is 2.40 bits per heavy atom. The molecule has 0 bridgehead atoms. The van der Waals surface area contributed by atoms with Gasteiger partial charge in [-0.15, -0.1) is 0 Å². The largest absolute Gasteiger partial charge is 0.383 e. The number of rotatable bonds is 4. The number of pyridine rings is 1. The van der Waals surface area contributed by atoms with E-state index in [0.29, 0.717) is 44.8 Å². The van der Waals surface area contributed by atoms with Gasteiger partial charge in [0.1, 0.15) is 35.2 Å². The second kappa shape index (κ2) is 9.02. The van der Waals surface area contributed by atoms with E-state index in [2.05, 4.69) is 19.5 Å². The second-order valence-electron chi connectivity index (χ2n) is 8.45. The predicted octanol–water partition coefficient (Wildman–Crippen LogP) is 6.60. The van der Waals surface area contributed by atoms with Crippen LogP contribution in [0.5, 0.6) is 0 Å². The number of benzene rings is 2. The summed E-state index contributed by atoms with van der Waals surface area (Å²) in [5, 5.41) is 1.71. The molecule has 0 saturated heterocycles. The van der Waals surface area contributed by atoms with Crippen molar-refractivity contribution in [2.75, 3.05) is 5.73 Å². The number of halogens is 3. The van der Waals surface area contributed by atoms with Crippen molar-refractivity contribution >= 4 is 27.6 Å². The van der Waals surface area contributed by atoms with E-state index in [1.54, 1.807) is 12.3 Å². The van der Waals surface area contributed by atoms with Crippen LogP contribution in [0.25, 0.3) is 32.9 Å².